The smallest absolute Gasteiger partial charge is 0.146 e. The van der Waals surface area contributed by atoms with E-state index in [9.17, 15) is 0 Å². The fourth-order valence-electron chi connectivity index (χ4n) is 2.45. The number of benzene rings is 1. The number of rotatable bonds is 5. The molecule has 0 N–H and O–H groups in total. The van der Waals surface area contributed by atoms with Crippen molar-refractivity contribution in [2.75, 3.05) is 0 Å². The molecule has 0 saturated carbocycles. The molecule has 3 heteroatoms. The van der Waals surface area contributed by atoms with Crippen LogP contribution in [0.5, 0.6) is 0 Å². The van der Waals surface area contributed by atoms with Crippen LogP contribution in [0, 0.1) is 11.8 Å². The van der Waals surface area contributed by atoms with E-state index in [-0.39, 0.29) is 6.10 Å². The van der Waals surface area contributed by atoms with Gasteiger partial charge in [0.2, 0.25) is 0 Å². The minimum atomic E-state index is -0.433. The summed E-state index contributed by atoms with van der Waals surface area (Å²) in [7, 11) is 0.713. The van der Waals surface area contributed by atoms with E-state index in [4.69, 9.17) is 16.0 Å². The predicted molar refractivity (Wildman–Crippen MR) is 78.5 cm³/mol. The molecule has 0 bridgehead atoms. The third kappa shape index (κ3) is 2.93. The molecule has 2 atom stereocenters. The molecule has 0 aromatic heterocycles. The summed E-state index contributed by atoms with van der Waals surface area (Å²) in [5.41, 5.74) is 1.16. The van der Waals surface area contributed by atoms with Crippen LogP contribution in [0.2, 0.25) is 0 Å². The predicted octanol–water partition coefficient (Wildman–Crippen LogP) is 3.10. The van der Waals surface area contributed by atoms with Crippen molar-refractivity contribution in [1.82, 2.24) is 0 Å². The standard InChI is InChI=1S/C14H23ClOSi/c1-10(2)13(16-17)14(15,11(3)4)12-8-6-5-7-9-12/h5-11,13H,1-4,17H3. The number of halogens is 1. The molecule has 1 rings (SSSR count). The van der Waals surface area contributed by atoms with Crippen molar-refractivity contribution in [2.45, 2.75) is 38.7 Å². The minimum absolute atomic E-state index is 0.0678. The van der Waals surface area contributed by atoms with Crippen LogP contribution >= 0.6 is 11.6 Å². The SMILES string of the molecule is CC(C)C(O[SiH3])C(Cl)(c1ccccc1)C(C)C. The molecule has 1 aromatic rings. The van der Waals surface area contributed by atoms with Crippen molar-refractivity contribution in [3.05, 3.63) is 35.9 Å². The summed E-state index contributed by atoms with van der Waals surface area (Å²) in [6.45, 7) is 8.67. The number of alkyl halides is 1. The number of hydrogen-bond donors (Lipinski definition) is 0. The Hall–Kier alpha value is -0.313. The maximum absolute atomic E-state index is 6.96. The summed E-state index contributed by atoms with van der Waals surface area (Å²) >= 11 is 6.96. The zero-order valence-corrected chi connectivity index (χ0v) is 14.2. The molecule has 17 heavy (non-hydrogen) atoms. The van der Waals surface area contributed by atoms with Crippen LogP contribution in [0.3, 0.4) is 0 Å². The van der Waals surface area contributed by atoms with E-state index in [1.807, 2.05) is 18.2 Å². The lowest BCUT2D eigenvalue weighted by Crippen LogP contribution is -2.43. The molecule has 0 spiro atoms. The molecule has 0 radical (unpaired) electrons. The Morgan fingerprint density at radius 2 is 1.65 bits per heavy atom. The zero-order chi connectivity index (χ0) is 13.1. The molecule has 0 saturated heterocycles. The second-order valence-electron chi connectivity index (χ2n) is 5.19. The molecule has 0 amide bonds. The maximum atomic E-state index is 6.96. The second-order valence-corrected chi connectivity index (χ2v) is 6.29. The summed E-state index contributed by atoms with van der Waals surface area (Å²) in [6, 6.07) is 10.3. The van der Waals surface area contributed by atoms with Gasteiger partial charge >= 0.3 is 0 Å². The summed E-state index contributed by atoms with van der Waals surface area (Å²) in [5.74, 6) is 0.737. The fraction of sp³-hybridized carbons (Fsp3) is 0.571. The Morgan fingerprint density at radius 3 is 2.00 bits per heavy atom. The summed E-state index contributed by atoms with van der Waals surface area (Å²) in [5, 5.41) is 0. The molecule has 2 unspecified atom stereocenters. The van der Waals surface area contributed by atoms with Crippen molar-refractivity contribution < 1.29 is 4.43 Å². The first kappa shape index (κ1) is 14.7. The first-order valence-electron chi connectivity index (χ1n) is 6.21. The Balaban J connectivity index is 3.22. The van der Waals surface area contributed by atoms with Crippen LogP contribution in [-0.4, -0.2) is 16.6 Å². The van der Waals surface area contributed by atoms with E-state index in [2.05, 4.69) is 39.8 Å². The highest BCUT2D eigenvalue weighted by Gasteiger charge is 2.42. The van der Waals surface area contributed by atoms with Gasteiger partial charge in [-0.3, -0.25) is 0 Å². The molecule has 0 heterocycles. The summed E-state index contributed by atoms with van der Waals surface area (Å²) < 4.78 is 5.80. The molecule has 0 fully saturated rings. The van der Waals surface area contributed by atoms with Gasteiger partial charge < -0.3 is 4.43 Å². The molecule has 0 aliphatic carbocycles. The first-order chi connectivity index (χ1) is 7.94. The topological polar surface area (TPSA) is 9.23 Å². The minimum Gasteiger partial charge on any atom is -0.423 e. The van der Waals surface area contributed by atoms with Crippen LogP contribution in [0.25, 0.3) is 0 Å². The van der Waals surface area contributed by atoms with Gasteiger partial charge in [-0.05, 0) is 17.4 Å². The molecule has 0 aliphatic heterocycles. The lowest BCUT2D eigenvalue weighted by molar-refractivity contribution is 0.0909. The number of hydrogen-bond acceptors (Lipinski definition) is 1. The van der Waals surface area contributed by atoms with Gasteiger partial charge in [0, 0.05) is 0 Å². The molecule has 96 valence electrons. The first-order valence-corrected chi connectivity index (χ1v) is 7.41. The molecule has 0 aliphatic rings. The van der Waals surface area contributed by atoms with E-state index in [1.54, 1.807) is 0 Å². The average Bonchev–Trinajstić information content (AvgIpc) is 2.30. The molecular weight excluding hydrogens is 248 g/mol. The van der Waals surface area contributed by atoms with Gasteiger partial charge in [-0.15, -0.1) is 11.6 Å². The molecule has 1 aromatic carbocycles. The van der Waals surface area contributed by atoms with Crippen molar-refractivity contribution in [3.8, 4) is 0 Å². The van der Waals surface area contributed by atoms with Gasteiger partial charge in [0.25, 0.3) is 0 Å². The van der Waals surface area contributed by atoms with Crippen LogP contribution in [-0.2, 0) is 9.30 Å². The van der Waals surface area contributed by atoms with E-state index in [0.29, 0.717) is 22.3 Å². The third-order valence-corrected chi connectivity index (χ3v) is 4.71. The Kier molecular flexibility index (Phi) is 5.23. The van der Waals surface area contributed by atoms with Gasteiger partial charge in [-0.1, -0.05) is 58.0 Å². The largest absolute Gasteiger partial charge is 0.423 e. The van der Waals surface area contributed by atoms with Gasteiger partial charge in [0.1, 0.15) is 10.5 Å². The third-order valence-electron chi connectivity index (χ3n) is 3.33. The maximum Gasteiger partial charge on any atom is 0.146 e. The second kappa shape index (κ2) is 6.03. The highest BCUT2D eigenvalue weighted by atomic mass is 35.5. The Morgan fingerprint density at radius 1 is 1.12 bits per heavy atom. The average molecular weight is 271 g/mol. The highest BCUT2D eigenvalue weighted by molar-refractivity contribution is 6.24. The lowest BCUT2D eigenvalue weighted by atomic mass is 9.79. The van der Waals surface area contributed by atoms with E-state index >= 15 is 0 Å². The lowest BCUT2D eigenvalue weighted by Gasteiger charge is -2.41. The van der Waals surface area contributed by atoms with Crippen molar-refractivity contribution in [1.29, 1.82) is 0 Å². The van der Waals surface area contributed by atoms with Gasteiger partial charge in [-0.25, -0.2) is 0 Å². The van der Waals surface area contributed by atoms with Gasteiger partial charge in [0.05, 0.1) is 11.0 Å². The summed E-state index contributed by atoms with van der Waals surface area (Å²) in [4.78, 5) is -0.433. The van der Waals surface area contributed by atoms with Gasteiger partial charge in [0.15, 0.2) is 0 Å². The van der Waals surface area contributed by atoms with Crippen molar-refractivity contribution in [3.63, 3.8) is 0 Å². The fourth-order valence-corrected chi connectivity index (χ4v) is 3.98. The van der Waals surface area contributed by atoms with Crippen LogP contribution in [0.15, 0.2) is 30.3 Å². The molecule has 1 nitrogen and oxygen atoms in total. The molecular formula is C14H23ClOSi. The van der Waals surface area contributed by atoms with Crippen molar-refractivity contribution >= 4 is 22.1 Å². The van der Waals surface area contributed by atoms with E-state index in [0.717, 1.165) is 5.56 Å². The monoisotopic (exact) mass is 270 g/mol. The van der Waals surface area contributed by atoms with E-state index in [1.165, 1.54) is 0 Å². The normalized spacial score (nSPS) is 17.4. The van der Waals surface area contributed by atoms with E-state index < -0.39 is 4.87 Å². The van der Waals surface area contributed by atoms with Crippen molar-refractivity contribution in [2.24, 2.45) is 11.8 Å². The Labute approximate surface area is 113 Å². The van der Waals surface area contributed by atoms with Crippen LogP contribution in [0.1, 0.15) is 33.3 Å². The highest BCUT2D eigenvalue weighted by Crippen LogP contribution is 2.43. The Bertz CT molecular complexity index is 339. The van der Waals surface area contributed by atoms with Crippen LogP contribution < -0.4 is 0 Å². The zero-order valence-electron chi connectivity index (χ0n) is 11.4. The summed E-state index contributed by atoms with van der Waals surface area (Å²) in [6.07, 6.45) is 0.0678. The quantitative estimate of drug-likeness (QED) is 0.590. The van der Waals surface area contributed by atoms with Crippen LogP contribution in [0.4, 0.5) is 0 Å². The van der Waals surface area contributed by atoms with Gasteiger partial charge in [-0.2, -0.15) is 0 Å².